The van der Waals surface area contributed by atoms with Gasteiger partial charge >= 0.3 is 0 Å². The normalized spacial score (nSPS) is 12.1. The molecule has 0 aromatic heterocycles. The number of nitriles is 1. The van der Waals surface area contributed by atoms with Gasteiger partial charge in [-0.3, -0.25) is 0 Å². The van der Waals surface area contributed by atoms with Gasteiger partial charge in [0.1, 0.15) is 11.1 Å². The van der Waals surface area contributed by atoms with Crippen LogP contribution in [0.4, 0.5) is 5.69 Å². The number of allylic oxidation sites excluding steroid dienone is 1. The lowest BCUT2D eigenvalue weighted by Gasteiger charge is -2.16. The largest absolute Gasteiger partial charge is 0.349 e. The summed E-state index contributed by atoms with van der Waals surface area (Å²) in [5.74, 6) is 0.536. The summed E-state index contributed by atoms with van der Waals surface area (Å²) >= 11 is 1.32. The predicted molar refractivity (Wildman–Crippen MR) is 133 cm³/mol. The van der Waals surface area contributed by atoms with Gasteiger partial charge in [0.25, 0.3) is 0 Å². The summed E-state index contributed by atoms with van der Waals surface area (Å²) < 4.78 is 26.6. The van der Waals surface area contributed by atoms with Crippen molar-refractivity contribution in [3.05, 3.63) is 104 Å². The summed E-state index contributed by atoms with van der Waals surface area (Å²) in [6.45, 7) is 8.04. The lowest BCUT2D eigenvalue weighted by molar-refractivity contribution is 0.603. The molecule has 0 spiro atoms. The molecule has 0 aliphatic heterocycles. The fourth-order valence-corrected chi connectivity index (χ4v) is 6.11. The maximum absolute atomic E-state index is 13.3. The molecule has 32 heavy (non-hydrogen) atoms. The third-order valence-corrected chi connectivity index (χ3v) is 7.88. The minimum absolute atomic E-state index is 0.100. The molecule has 3 aromatic rings. The van der Waals surface area contributed by atoms with Crippen LogP contribution in [0.1, 0.15) is 27.8 Å². The van der Waals surface area contributed by atoms with Gasteiger partial charge in [-0.15, -0.1) is 11.8 Å². The van der Waals surface area contributed by atoms with Crippen molar-refractivity contribution in [1.29, 1.82) is 5.26 Å². The number of hydrogen-bond donors (Lipinski definition) is 1. The van der Waals surface area contributed by atoms with E-state index in [0.29, 0.717) is 10.8 Å². The number of nitrogens with one attached hydrogen (secondary N) is 1. The number of anilines is 1. The van der Waals surface area contributed by atoms with E-state index in [1.807, 2.05) is 64.1 Å². The van der Waals surface area contributed by atoms with E-state index in [0.717, 1.165) is 27.9 Å². The topological polar surface area (TPSA) is 70.0 Å². The standard InChI is InChI=1S/C26H26N2O2S2/c1-18-10-11-22(21(4)13-18)17-31-26(28-23-14-19(2)12-20(3)15-23)25(16-27)32(29,30)24-8-6-5-7-9-24/h5-15,28H,17H2,1-4H3. The van der Waals surface area contributed by atoms with Crippen LogP contribution in [0.2, 0.25) is 0 Å². The molecule has 0 amide bonds. The summed E-state index contributed by atoms with van der Waals surface area (Å²) in [4.78, 5) is -0.180. The van der Waals surface area contributed by atoms with Crippen LogP contribution in [-0.4, -0.2) is 8.42 Å². The van der Waals surface area contributed by atoms with Crippen LogP contribution in [0.3, 0.4) is 0 Å². The molecule has 3 rings (SSSR count). The zero-order valence-electron chi connectivity index (χ0n) is 18.6. The van der Waals surface area contributed by atoms with Crippen molar-refractivity contribution in [2.24, 2.45) is 0 Å². The van der Waals surface area contributed by atoms with Gasteiger partial charge in [-0.1, -0.05) is 48.0 Å². The minimum Gasteiger partial charge on any atom is -0.349 e. The number of hydrogen-bond acceptors (Lipinski definition) is 5. The summed E-state index contributed by atoms with van der Waals surface area (Å²) in [5, 5.41) is 13.5. The summed E-state index contributed by atoms with van der Waals surface area (Å²) in [7, 11) is -3.98. The number of aryl methyl sites for hydroxylation is 4. The quantitative estimate of drug-likeness (QED) is 0.410. The first-order chi connectivity index (χ1) is 15.2. The van der Waals surface area contributed by atoms with Gasteiger partial charge in [-0.05, 0) is 74.2 Å². The average molecular weight is 463 g/mol. The van der Waals surface area contributed by atoms with Gasteiger partial charge in [-0.25, -0.2) is 8.42 Å². The molecular weight excluding hydrogens is 436 g/mol. The first kappa shape index (κ1) is 23.6. The van der Waals surface area contributed by atoms with Gasteiger partial charge in [0.2, 0.25) is 9.84 Å². The second-order valence-corrected chi connectivity index (χ2v) is 10.7. The molecule has 0 heterocycles. The Bertz CT molecular complexity index is 1290. The Morgan fingerprint density at radius 2 is 1.56 bits per heavy atom. The molecule has 164 valence electrons. The lowest BCUT2D eigenvalue weighted by Crippen LogP contribution is -2.10. The average Bonchev–Trinajstić information content (AvgIpc) is 2.73. The summed E-state index contributed by atoms with van der Waals surface area (Å²) in [6, 6.07) is 22.1. The lowest BCUT2D eigenvalue weighted by atomic mass is 10.1. The van der Waals surface area contributed by atoms with Crippen molar-refractivity contribution < 1.29 is 8.42 Å². The van der Waals surface area contributed by atoms with E-state index in [1.54, 1.807) is 18.2 Å². The highest BCUT2D eigenvalue weighted by Crippen LogP contribution is 2.32. The molecule has 0 fully saturated rings. The molecular formula is C26H26N2O2S2. The molecule has 0 atom stereocenters. The second kappa shape index (κ2) is 10.1. The van der Waals surface area contributed by atoms with Crippen LogP contribution in [0.5, 0.6) is 0 Å². The third kappa shape index (κ3) is 5.61. The van der Waals surface area contributed by atoms with Gasteiger partial charge < -0.3 is 5.32 Å². The fraction of sp³-hybridized carbons (Fsp3) is 0.192. The second-order valence-electron chi connectivity index (χ2n) is 7.81. The molecule has 1 N–H and O–H groups in total. The third-order valence-electron chi connectivity index (χ3n) is 4.98. The smallest absolute Gasteiger partial charge is 0.219 e. The Labute approximate surface area is 194 Å². The van der Waals surface area contributed by atoms with Crippen LogP contribution in [0.15, 0.2) is 81.6 Å². The maximum atomic E-state index is 13.3. The van der Waals surface area contributed by atoms with E-state index >= 15 is 0 Å². The van der Waals surface area contributed by atoms with E-state index in [9.17, 15) is 13.7 Å². The van der Waals surface area contributed by atoms with Gasteiger partial charge in [0.05, 0.1) is 4.90 Å². The Morgan fingerprint density at radius 3 is 2.16 bits per heavy atom. The molecule has 0 aliphatic carbocycles. The van der Waals surface area contributed by atoms with Crippen LogP contribution in [0, 0.1) is 39.0 Å². The minimum atomic E-state index is -3.98. The van der Waals surface area contributed by atoms with Crippen LogP contribution < -0.4 is 5.32 Å². The number of rotatable bonds is 7. The van der Waals surface area contributed by atoms with Crippen molar-refractivity contribution in [2.75, 3.05) is 5.32 Å². The molecule has 0 saturated heterocycles. The van der Waals surface area contributed by atoms with Gasteiger partial charge in [-0.2, -0.15) is 5.26 Å². The van der Waals surface area contributed by atoms with Crippen molar-refractivity contribution in [3.8, 4) is 6.07 Å². The first-order valence-corrected chi connectivity index (χ1v) is 12.7. The first-order valence-electron chi connectivity index (χ1n) is 10.2. The number of thioether (sulfide) groups is 1. The number of sulfone groups is 1. The maximum Gasteiger partial charge on any atom is 0.219 e. The van der Waals surface area contributed by atoms with Crippen molar-refractivity contribution in [3.63, 3.8) is 0 Å². The predicted octanol–water partition coefficient (Wildman–Crippen LogP) is 6.43. The number of benzene rings is 3. The van der Waals surface area contributed by atoms with Crippen LogP contribution in [0.25, 0.3) is 0 Å². The van der Waals surface area contributed by atoms with Crippen molar-refractivity contribution in [2.45, 2.75) is 38.3 Å². The summed E-state index contributed by atoms with van der Waals surface area (Å²) in [5.41, 5.74) is 6.25. The Hall–Kier alpha value is -3.01. The summed E-state index contributed by atoms with van der Waals surface area (Å²) in [6.07, 6.45) is 0. The zero-order valence-corrected chi connectivity index (χ0v) is 20.3. The van der Waals surface area contributed by atoms with E-state index < -0.39 is 9.84 Å². The Kier molecular flexibility index (Phi) is 7.44. The van der Waals surface area contributed by atoms with Gasteiger partial charge in [0, 0.05) is 11.4 Å². The van der Waals surface area contributed by atoms with Crippen molar-refractivity contribution in [1.82, 2.24) is 0 Å². The van der Waals surface area contributed by atoms with Crippen LogP contribution >= 0.6 is 11.8 Å². The number of nitrogens with zero attached hydrogens (tertiary/aromatic N) is 1. The highest BCUT2D eigenvalue weighted by molar-refractivity contribution is 8.04. The molecule has 0 saturated carbocycles. The van der Waals surface area contributed by atoms with E-state index in [2.05, 4.69) is 11.4 Å². The Morgan fingerprint density at radius 1 is 0.906 bits per heavy atom. The molecule has 0 bridgehead atoms. The highest BCUT2D eigenvalue weighted by atomic mass is 32.2. The molecule has 3 aromatic carbocycles. The van der Waals surface area contributed by atoms with Crippen LogP contribution in [-0.2, 0) is 15.6 Å². The molecule has 6 heteroatoms. The highest BCUT2D eigenvalue weighted by Gasteiger charge is 2.25. The molecule has 0 radical (unpaired) electrons. The fourth-order valence-electron chi connectivity index (χ4n) is 3.44. The van der Waals surface area contributed by atoms with Gasteiger partial charge in [0.15, 0.2) is 4.91 Å². The van der Waals surface area contributed by atoms with E-state index in [1.165, 1.54) is 29.5 Å². The SMILES string of the molecule is Cc1cc(C)cc(NC(SCc2ccc(C)cc2C)=C(C#N)S(=O)(=O)c2ccccc2)c1. The molecule has 0 unspecified atom stereocenters. The molecule has 4 nitrogen and oxygen atoms in total. The van der Waals surface area contributed by atoms with E-state index in [-0.39, 0.29) is 9.80 Å². The molecule has 0 aliphatic rings. The Balaban J connectivity index is 2.08. The monoisotopic (exact) mass is 462 g/mol. The van der Waals surface area contributed by atoms with Crippen molar-refractivity contribution >= 4 is 27.3 Å². The van der Waals surface area contributed by atoms with E-state index in [4.69, 9.17) is 0 Å². The zero-order chi connectivity index (χ0) is 23.3.